The molecule has 0 N–H and O–H groups in total. The third kappa shape index (κ3) is 7.90. The van der Waals surface area contributed by atoms with Gasteiger partial charge in [-0.05, 0) is 48.9 Å². The van der Waals surface area contributed by atoms with Crippen molar-refractivity contribution in [1.82, 2.24) is 0 Å². The molecule has 6 unspecified atom stereocenters. The topological polar surface area (TPSA) is 36.9 Å². The molecule has 0 bridgehead atoms. The quantitative estimate of drug-likeness (QED) is 0.203. The predicted octanol–water partition coefficient (Wildman–Crippen LogP) is 10.3. The molecule has 226 valence electrons. The summed E-state index contributed by atoms with van der Waals surface area (Å²) < 4.78 is 24.8. The van der Waals surface area contributed by atoms with Crippen LogP contribution in [0.25, 0.3) is 22.3 Å². The molecule has 3 aromatic carbocycles. The maximum absolute atomic E-state index is 6.26. The molecule has 2 fully saturated rings. The molecule has 4 heteroatoms. The number of rotatable bonds is 12. The van der Waals surface area contributed by atoms with Crippen molar-refractivity contribution < 1.29 is 18.9 Å². The highest BCUT2D eigenvalue weighted by Gasteiger charge is 2.30. The Hall–Kier alpha value is -2.50. The van der Waals surface area contributed by atoms with E-state index in [1.54, 1.807) is 0 Å². The highest BCUT2D eigenvalue weighted by molar-refractivity contribution is 5.70. The van der Waals surface area contributed by atoms with Gasteiger partial charge < -0.3 is 18.9 Å². The monoisotopic (exact) mass is 570 g/mol. The molecule has 0 aliphatic carbocycles. The van der Waals surface area contributed by atoms with E-state index in [2.05, 4.69) is 100 Å². The van der Waals surface area contributed by atoms with Crippen LogP contribution in [0.4, 0.5) is 0 Å². The van der Waals surface area contributed by atoms with E-state index in [9.17, 15) is 0 Å². The molecule has 2 aliphatic heterocycles. The van der Waals surface area contributed by atoms with Crippen LogP contribution in [0.5, 0.6) is 0 Å². The summed E-state index contributed by atoms with van der Waals surface area (Å²) in [4.78, 5) is 0. The van der Waals surface area contributed by atoms with Crippen molar-refractivity contribution in [2.75, 3.05) is 13.2 Å². The fraction of sp³-hybridized carbons (Fsp3) is 0.526. The van der Waals surface area contributed by atoms with Gasteiger partial charge in [-0.3, -0.25) is 0 Å². The van der Waals surface area contributed by atoms with Gasteiger partial charge >= 0.3 is 0 Å². The van der Waals surface area contributed by atoms with Crippen LogP contribution in [0.2, 0.25) is 0 Å². The van der Waals surface area contributed by atoms with Gasteiger partial charge in [0.25, 0.3) is 0 Å². The summed E-state index contributed by atoms with van der Waals surface area (Å²) in [5.74, 6) is 0.986. The van der Waals surface area contributed by atoms with E-state index in [-0.39, 0.29) is 24.8 Å². The molecule has 5 rings (SSSR count). The van der Waals surface area contributed by atoms with Crippen LogP contribution in [0.15, 0.2) is 72.8 Å². The predicted molar refractivity (Wildman–Crippen MR) is 171 cm³/mol. The Morgan fingerprint density at radius 2 is 0.833 bits per heavy atom. The lowest BCUT2D eigenvalue weighted by Gasteiger charge is -2.35. The fourth-order valence-corrected chi connectivity index (χ4v) is 6.20. The molecule has 2 heterocycles. The van der Waals surface area contributed by atoms with Crippen LogP contribution in [0.3, 0.4) is 0 Å². The van der Waals surface area contributed by atoms with Gasteiger partial charge in [-0.15, -0.1) is 0 Å². The minimum Gasteiger partial charge on any atom is -0.348 e. The Labute approximate surface area is 253 Å². The molecule has 4 nitrogen and oxygen atoms in total. The van der Waals surface area contributed by atoms with Gasteiger partial charge in [-0.2, -0.15) is 0 Å². The van der Waals surface area contributed by atoms with Gasteiger partial charge in [0.2, 0.25) is 0 Å². The first-order valence-corrected chi connectivity index (χ1v) is 16.4. The van der Waals surface area contributed by atoms with E-state index < -0.39 is 0 Å². The standard InChI is InChI=1S/C38H50O4/c1-5-7-9-11-35-25-39-37(41-27(35)3)33-21-17-31(18-22-33)29-13-15-30(16-14-29)32-19-23-34(24-20-32)38-40-26-36(28(4)42-38)12-10-8-6-2/h13-24,27-28,35-38H,5-12,25-26H2,1-4H3. The molecular weight excluding hydrogens is 520 g/mol. The average Bonchev–Trinajstić information content (AvgIpc) is 3.03. The van der Waals surface area contributed by atoms with E-state index in [0.29, 0.717) is 11.8 Å². The van der Waals surface area contributed by atoms with Gasteiger partial charge in [-0.25, -0.2) is 0 Å². The van der Waals surface area contributed by atoms with Crippen LogP contribution < -0.4 is 0 Å². The molecule has 6 atom stereocenters. The number of hydrogen-bond acceptors (Lipinski definition) is 4. The van der Waals surface area contributed by atoms with Gasteiger partial charge in [0.05, 0.1) is 25.4 Å². The minimum absolute atomic E-state index is 0.223. The number of ether oxygens (including phenoxy) is 4. The van der Waals surface area contributed by atoms with Crippen LogP contribution in [0.1, 0.15) is 103 Å². The van der Waals surface area contributed by atoms with Crippen molar-refractivity contribution in [3.8, 4) is 22.3 Å². The second kappa shape index (κ2) is 15.3. The first kappa shape index (κ1) is 30.9. The maximum Gasteiger partial charge on any atom is 0.184 e. The van der Waals surface area contributed by atoms with Crippen LogP contribution in [-0.4, -0.2) is 25.4 Å². The van der Waals surface area contributed by atoms with Gasteiger partial charge in [0.1, 0.15) is 0 Å². The molecule has 0 amide bonds. The second-order valence-electron chi connectivity index (χ2n) is 12.3. The number of unbranched alkanes of at least 4 members (excludes halogenated alkanes) is 4. The van der Waals surface area contributed by atoms with Gasteiger partial charge in [0.15, 0.2) is 12.6 Å². The maximum atomic E-state index is 6.26. The van der Waals surface area contributed by atoms with Crippen molar-refractivity contribution >= 4 is 0 Å². The van der Waals surface area contributed by atoms with Crippen LogP contribution in [-0.2, 0) is 18.9 Å². The minimum atomic E-state index is -0.276. The Balaban J connectivity index is 1.14. The molecule has 3 aromatic rings. The summed E-state index contributed by atoms with van der Waals surface area (Å²) in [7, 11) is 0. The summed E-state index contributed by atoms with van der Waals surface area (Å²) >= 11 is 0. The molecule has 0 spiro atoms. The molecule has 0 saturated carbocycles. The molecule has 2 saturated heterocycles. The Bertz CT molecular complexity index is 1110. The van der Waals surface area contributed by atoms with E-state index in [4.69, 9.17) is 18.9 Å². The van der Waals surface area contributed by atoms with Gasteiger partial charge in [-0.1, -0.05) is 125 Å². The molecular formula is C38H50O4. The third-order valence-electron chi connectivity index (χ3n) is 9.20. The average molecular weight is 571 g/mol. The van der Waals surface area contributed by atoms with Crippen LogP contribution in [0, 0.1) is 11.8 Å². The SMILES string of the molecule is CCCCCC1COC(c2ccc(-c3ccc(-c4ccc(C5OCC(CCCCC)C(C)O5)cc4)cc3)cc2)OC1C. The molecule has 0 aromatic heterocycles. The molecule has 0 radical (unpaired) electrons. The van der Waals surface area contributed by atoms with E-state index in [0.717, 1.165) is 24.3 Å². The summed E-state index contributed by atoms with van der Waals surface area (Å²) in [5, 5.41) is 0. The Kier molecular flexibility index (Phi) is 11.3. The lowest BCUT2D eigenvalue weighted by atomic mass is 9.95. The molecule has 42 heavy (non-hydrogen) atoms. The summed E-state index contributed by atoms with van der Waals surface area (Å²) in [5.41, 5.74) is 6.95. The van der Waals surface area contributed by atoms with Crippen molar-refractivity contribution in [2.24, 2.45) is 11.8 Å². The zero-order chi connectivity index (χ0) is 29.3. The Morgan fingerprint density at radius 1 is 0.500 bits per heavy atom. The van der Waals surface area contributed by atoms with Crippen molar-refractivity contribution in [1.29, 1.82) is 0 Å². The zero-order valence-electron chi connectivity index (χ0n) is 26.1. The summed E-state index contributed by atoms with van der Waals surface area (Å²) in [6.45, 7) is 10.4. The fourth-order valence-electron chi connectivity index (χ4n) is 6.20. The highest BCUT2D eigenvalue weighted by Crippen LogP contribution is 2.35. The lowest BCUT2D eigenvalue weighted by molar-refractivity contribution is -0.237. The van der Waals surface area contributed by atoms with Crippen LogP contribution >= 0.6 is 0 Å². The Morgan fingerprint density at radius 3 is 1.14 bits per heavy atom. The second-order valence-corrected chi connectivity index (χ2v) is 12.3. The summed E-state index contributed by atoms with van der Waals surface area (Å²) in [6, 6.07) is 26.0. The van der Waals surface area contributed by atoms with Crippen molar-refractivity contribution in [2.45, 2.75) is 104 Å². The van der Waals surface area contributed by atoms with E-state index in [1.807, 2.05) is 0 Å². The number of benzene rings is 3. The number of hydrogen-bond donors (Lipinski definition) is 0. The summed E-state index contributed by atoms with van der Waals surface area (Å²) in [6.07, 6.45) is 9.84. The normalized spacial score (nSPS) is 26.3. The van der Waals surface area contributed by atoms with E-state index in [1.165, 1.54) is 73.6 Å². The first-order valence-electron chi connectivity index (χ1n) is 16.4. The van der Waals surface area contributed by atoms with Crippen molar-refractivity contribution in [3.05, 3.63) is 83.9 Å². The lowest BCUT2D eigenvalue weighted by Crippen LogP contribution is -2.34. The highest BCUT2D eigenvalue weighted by atomic mass is 16.7. The zero-order valence-corrected chi connectivity index (χ0v) is 26.1. The molecule has 2 aliphatic rings. The van der Waals surface area contributed by atoms with E-state index >= 15 is 0 Å². The smallest absolute Gasteiger partial charge is 0.184 e. The first-order chi connectivity index (χ1) is 20.6. The van der Waals surface area contributed by atoms with Crippen molar-refractivity contribution in [3.63, 3.8) is 0 Å². The van der Waals surface area contributed by atoms with Gasteiger partial charge in [0, 0.05) is 23.0 Å². The third-order valence-corrected chi connectivity index (χ3v) is 9.20. The largest absolute Gasteiger partial charge is 0.348 e.